The summed E-state index contributed by atoms with van der Waals surface area (Å²) in [5, 5.41) is 2.86. The molecule has 0 aliphatic heterocycles. The van der Waals surface area contributed by atoms with Gasteiger partial charge >= 0.3 is 0 Å². The zero-order chi connectivity index (χ0) is 12.4. The van der Waals surface area contributed by atoms with Gasteiger partial charge in [0.2, 0.25) is 0 Å². The summed E-state index contributed by atoms with van der Waals surface area (Å²) in [4.78, 5) is 12.6. The monoisotopic (exact) mass is 485 g/mol. The maximum atomic E-state index is 11.9. The third-order valence-electron chi connectivity index (χ3n) is 1.95. The topological polar surface area (TPSA) is 29.1 Å². The second-order valence-corrected chi connectivity index (χ2v) is 7.67. The predicted octanol–water partition coefficient (Wildman–Crippen LogP) is 5.13. The van der Waals surface area contributed by atoms with Crippen molar-refractivity contribution in [2.24, 2.45) is 0 Å². The van der Waals surface area contributed by atoms with E-state index in [1.54, 1.807) is 6.07 Å². The van der Waals surface area contributed by atoms with Crippen LogP contribution in [-0.2, 0) is 0 Å². The van der Waals surface area contributed by atoms with Crippen LogP contribution >= 0.6 is 65.8 Å². The smallest absolute Gasteiger partial charge is 0.265 e. The van der Waals surface area contributed by atoms with Crippen LogP contribution in [0.1, 0.15) is 9.67 Å². The van der Waals surface area contributed by atoms with E-state index in [9.17, 15) is 4.79 Å². The number of rotatable bonds is 2. The van der Waals surface area contributed by atoms with Crippen LogP contribution in [0.2, 0.25) is 0 Å². The van der Waals surface area contributed by atoms with Crippen LogP contribution in [-0.4, -0.2) is 5.91 Å². The second-order valence-electron chi connectivity index (χ2n) is 3.20. The van der Waals surface area contributed by atoms with Crippen LogP contribution in [0.5, 0.6) is 0 Å². The molecule has 17 heavy (non-hydrogen) atoms. The fraction of sp³-hybridized carbons (Fsp3) is 0. The molecule has 0 saturated carbocycles. The number of amides is 1. The summed E-state index contributed by atoms with van der Waals surface area (Å²) in [5.41, 5.74) is 0.808. The van der Waals surface area contributed by atoms with E-state index in [0.29, 0.717) is 4.88 Å². The number of carbonyl (C=O) groups is 1. The number of carbonyl (C=O) groups excluding carboxylic acids is 1. The number of benzene rings is 1. The largest absolute Gasteiger partial charge is 0.321 e. The Morgan fingerprint density at radius 2 is 2.06 bits per heavy atom. The molecule has 0 unspecified atom stereocenters. The molecule has 2 rings (SSSR count). The van der Waals surface area contributed by atoms with Gasteiger partial charge < -0.3 is 5.32 Å². The Bertz CT molecular complexity index is 551. The van der Waals surface area contributed by atoms with E-state index in [1.807, 2.05) is 24.3 Å². The molecule has 0 spiro atoms. The van der Waals surface area contributed by atoms with E-state index >= 15 is 0 Å². The van der Waals surface area contributed by atoms with E-state index in [2.05, 4.69) is 59.8 Å². The highest BCUT2D eigenvalue weighted by molar-refractivity contribution is 14.1. The molecule has 1 amide bonds. The van der Waals surface area contributed by atoms with Crippen LogP contribution in [0.15, 0.2) is 38.6 Å². The second kappa shape index (κ2) is 5.81. The van der Waals surface area contributed by atoms with E-state index < -0.39 is 0 Å². The van der Waals surface area contributed by atoms with Crippen molar-refractivity contribution in [3.8, 4) is 0 Å². The summed E-state index contributed by atoms with van der Waals surface area (Å²) in [7, 11) is 0. The Morgan fingerprint density at radius 1 is 1.29 bits per heavy atom. The normalized spacial score (nSPS) is 10.3. The van der Waals surface area contributed by atoms with Crippen molar-refractivity contribution in [1.29, 1.82) is 0 Å². The van der Waals surface area contributed by atoms with Gasteiger partial charge in [-0.2, -0.15) is 0 Å². The fourth-order valence-corrected chi connectivity index (χ4v) is 3.69. The van der Waals surface area contributed by atoms with Gasteiger partial charge in [0.15, 0.2) is 0 Å². The van der Waals surface area contributed by atoms with Gasteiger partial charge in [0.25, 0.3) is 5.91 Å². The summed E-state index contributed by atoms with van der Waals surface area (Å²) in [5.74, 6) is -0.0941. The number of hydrogen-bond acceptors (Lipinski definition) is 2. The lowest BCUT2D eigenvalue weighted by Gasteiger charge is -2.03. The number of halogens is 3. The minimum absolute atomic E-state index is 0.0941. The van der Waals surface area contributed by atoms with Gasteiger partial charge in [-0.05, 0) is 78.7 Å². The van der Waals surface area contributed by atoms with Crippen molar-refractivity contribution < 1.29 is 4.79 Å². The van der Waals surface area contributed by atoms with Crippen molar-refractivity contribution in [3.63, 3.8) is 0 Å². The number of nitrogens with one attached hydrogen (secondary N) is 1. The molecule has 0 fully saturated rings. The molecule has 0 saturated heterocycles. The van der Waals surface area contributed by atoms with Crippen molar-refractivity contribution in [2.45, 2.75) is 0 Å². The molecule has 1 aromatic carbocycles. The standard InChI is InChI=1S/C11H6Br2INOS/c12-8-5-9(17-10(8)13)11(16)15-7-3-1-2-6(14)4-7/h1-5H,(H,15,16). The molecule has 1 aromatic heterocycles. The first-order chi connectivity index (χ1) is 8.06. The fourth-order valence-electron chi connectivity index (χ4n) is 1.22. The van der Waals surface area contributed by atoms with Crippen LogP contribution in [0.4, 0.5) is 5.69 Å². The van der Waals surface area contributed by atoms with Crippen LogP contribution in [0, 0.1) is 3.57 Å². The molecule has 2 nitrogen and oxygen atoms in total. The highest BCUT2D eigenvalue weighted by Gasteiger charge is 2.12. The molecule has 0 atom stereocenters. The van der Waals surface area contributed by atoms with E-state index in [-0.39, 0.29) is 5.91 Å². The van der Waals surface area contributed by atoms with E-state index in [0.717, 1.165) is 17.5 Å². The lowest BCUT2D eigenvalue weighted by atomic mass is 10.3. The third kappa shape index (κ3) is 3.52. The highest BCUT2D eigenvalue weighted by Crippen LogP contribution is 2.32. The summed E-state index contributed by atoms with van der Waals surface area (Å²) in [6.45, 7) is 0. The summed E-state index contributed by atoms with van der Waals surface area (Å²) in [6, 6.07) is 9.50. The van der Waals surface area contributed by atoms with Gasteiger partial charge in [0.05, 0.1) is 8.66 Å². The third-order valence-corrected chi connectivity index (χ3v) is 5.88. The highest BCUT2D eigenvalue weighted by atomic mass is 127. The Kier molecular flexibility index (Phi) is 4.62. The molecule has 1 heterocycles. The number of anilines is 1. The number of hydrogen-bond donors (Lipinski definition) is 1. The summed E-state index contributed by atoms with van der Waals surface area (Å²) in [6.07, 6.45) is 0. The minimum Gasteiger partial charge on any atom is -0.321 e. The molecule has 1 N–H and O–H groups in total. The molecule has 0 aliphatic rings. The molecular weight excluding hydrogens is 481 g/mol. The van der Waals surface area contributed by atoms with Crippen molar-refractivity contribution in [3.05, 3.63) is 47.0 Å². The van der Waals surface area contributed by atoms with E-state index in [4.69, 9.17) is 0 Å². The van der Waals surface area contributed by atoms with Gasteiger partial charge in [-0.1, -0.05) is 6.07 Å². The predicted molar refractivity (Wildman–Crippen MR) is 86.8 cm³/mol. The van der Waals surface area contributed by atoms with E-state index in [1.165, 1.54) is 11.3 Å². The Balaban J connectivity index is 2.17. The zero-order valence-electron chi connectivity index (χ0n) is 8.34. The Hall–Kier alpha value is 0.0800. The quantitative estimate of drug-likeness (QED) is 0.586. The first-order valence-corrected chi connectivity index (χ1v) is 8.06. The molecular formula is C11H6Br2INOS. The van der Waals surface area contributed by atoms with Crippen molar-refractivity contribution >= 4 is 77.4 Å². The minimum atomic E-state index is -0.0941. The lowest BCUT2D eigenvalue weighted by Crippen LogP contribution is -2.09. The average Bonchev–Trinajstić information content (AvgIpc) is 2.59. The SMILES string of the molecule is O=C(Nc1cccc(I)c1)c1cc(Br)c(Br)s1. The molecule has 0 bridgehead atoms. The molecule has 0 radical (unpaired) electrons. The van der Waals surface area contributed by atoms with Gasteiger partial charge in [-0.3, -0.25) is 4.79 Å². The van der Waals surface area contributed by atoms with Gasteiger partial charge in [-0.25, -0.2) is 0 Å². The lowest BCUT2D eigenvalue weighted by molar-refractivity contribution is 0.103. The van der Waals surface area contributed by atoms with Crippen molar-refractivity contribution in [2.75, 3.05) is 5.32 Å². The van der Waals surface area contributed by atoms with Crippen molar-refractivity contribution in [1.82, 2.24) is 0 Å². The molecule has 88 valence electrons. The van der Waals surface area contributed by atoms with Crippen LogP contribution in [0.25, 0.3) is 0 Å². The average molecular weight is 487 g/mol. The summed E-state index contributed by atoms with van der Waals surface area (Å²) >= 11 is 10.3. The maximum Gasteiger partial charge on any atom is 0.265 e. The van der Waals surface area contributed by atoms with Gasteiger partial charge in [-0.15, -0.1) is 11.3 Å². The first-order valence-electron chi connectivity index (χ1n) is 4.58. The molecule has 2 aromatic rings. The zero-order valence-corrected chi connectivity index (χ0v) is 14.5. The maximum absolute atomic E-state index is 11.9. The Morgan fingerprint density at radius 3 is 2.65 bits per heavy atom. The Labute approximate surface area is 133 Å². The van der Waals surface area contributed by atoms with Crippen LogP contribution < -0.4 is 5.32 Å². The molecule has 6 heteroatoms. The number of thiophene rings is 1. The van der Waals surface area contributed by atoms with Gasteiger partial charge in [0.1, 0.15) is 0 Å². The van der Waals surface area contributed by atoms with Crippen LogP contribution in [0.3, 0.4) is 0 Å². The van der Waals surface area contributed by atoms with Gasteiger partial charge in [0, 0.05) is 13.7 Å². The summed E-state index contributed by atoms with van der Waals surface area (Å²) < 4.78 is 2.91. The first kappa shape index (κ1) is 13.5. The molecule has 0 aliphatic carbocycles.